The number of amides is 1. The van der Waals surface area contributed by atoms with Crippen LogP contribution in [0.15, 0.2) is 24.3 Å². The van der Waals surface area contributed by atoms with Crippen molar-refractivity contribution in [2.75, 3.05) is 27.3 Å². The predicted molar refractivity (Wildman–Crippen MR) is 125 cm³/mol. The Morgan fingerprint density at radius 3 is 2.77 bits per heavy atom. The fraction of sp³-hybridized carbons (Fsp3) is 0.708. The number of carbonyl (C=O) groups is 1. The molecule has 1 N–H and O–H groups in total. The number of nitrogens with one attached hydrogen (secondary N) is 1. The summed E-state index contributed by atoms with van der Waals surface area (Å²) >= 11 is 1.60. The van der Waals surface area contributed by atoms with Crippen LogP contribution in [0.2, 0.25) is 0 Å². The summed E-state index contributed by atoms with van der Waals surface area (Å²) in [4.78, 5) is 15.3. The van der Waals surface area contributed by atoms with E-state index in [2.05, 4.69) is 39.1 Å². The molecule has 1 aromatic carbocycles. The van der Waals surface area contributed by atoms with Gasteiger partial charge in [-0.1, -0.05) is 12.1 Å². The summed E-state index contributed by atoms with van der Waals surface area (Å²) < 4.78 is 18.1. The minimum atomic E-state index is 0.0780. The van der Waals surface area contributed by atoms with Gasteiger partial charge in [0.05, 0.1) is 25.4 Å². The van der Waals surface area contributed by atoms with Gasteiger partial charge >= 0.3 is 0 Å². The zero-order valence-electron chi connectivity index (χ0n) is 19.1. The lowest BCUT2D eigenvalue weighted by molar-refractivity contribution is -0.136. The molecule has 3 aliphatic heterocycles. The van der Waals surface area contributed by atoms with E-state index in [1.807, 2.05) is 20.2 Å². The second-order valence-electron chi connectivity index (χ2n) is 9.41. The largest absolute Gasteiger partial charge is 0.494 e. The Morgan fingerprint density at radius 1 is 1.19 bits per heavy atom. The lowest BCUT2D eigenvalue weighted by atomic mass is 9.82. The zero-order valence-corrected chi connectivity index (χ0v) is 19.9. The lowest BCUT2D eigenvalue weighted by Crippen LogP contribution is -2.48. The van der Waals surface area contributed by atoms with Crippen LogP contribution in [0, 0.1) is 0 Å². The van der Waals surface area contributed by atoms with E-state index in [9.17, 15) is 4.79 Å². The summed E-state index contributed by atoms with van der Waals surface area (Å²) in [5, 5.41) is 0. The van der Waals surface area contributed by atoms with Crippen LogP contribution in [0.25, 0.3) is 0 Å². The minimum Gasteiger partial charge on any atom is -0.494 e. The third-order valence-electron chi connectivity index (χ3n) is 6.88. The van der Waals surface area contributed by atoms with Crippen LogP contribution in [-0.4, -0.2) is 66.7 Å². The fourth-order valence-electron chi connectivity index (χ4n) is 5.28. The van der Waals surface area contributed by atoms with E-state index in [0.29, 0.717) is 31.7 Å². The number of ether oxygens (including phenoxy) is 2. The number of nitrogens with zero attached hydrogens (tertiary/aromatic N) is 2. The molecule has 1 amide bonds. The van der Waals surface area contributed by atoms with Gasteiger partial charge < -0.3 is 14.4 Å². The molecule has 172 valence electrons. The van der Waals surface area contributed by atoms with Gasteiger partial charge in [0.15, 0.2) is 0 Å². The highest BCUT2D eigenvalue weighted by molar-refractivity contribution is 7.95. The third kappa shape index (κ3) is 5.75. The van der Waals surface area contributed by atoms with Crippen LogP contribution in [0.4, 0.5) is 0 Å². The Labute approximate surface area is 191 Å². The van der Waals surface area contributed by atoms with Crippen molar-refractivity contribution in [2.24, 2.45) is 0 Å². The van der Waals surface area contributed by atoms with Crippen molar-refractivity contribution in [1.29, 1.82) is 0 Å². The average molecular weight is 448 g/mol. The summed E-state index contributed by atoms with van der Waals surface area (Å²) in [6.07, 6.45) is 6.95. The highest BCUT2D eigenvalue weighted by atomic mass is 32.2. The first-order valence-electron chi connectivity index (χ1n) is 11.8. The number of hydrogen-bond donors (Lipinski definition) is 1. The Balaban J connectivity index is 1.50. The van der Waals surface area contributed by atoms with Gasteiger partial charge in [-0.2, -0.15) is 0 Å². The molecule has 3 heterocycles. The summed E-state index contributed by atoms with van der Waals surface area (Å²) in [5.41, 5.74) is 1.37. The van der Waals surface area contributed by atoms with E-state index in [0.717, 1.165) is 44.3 Å². The fourth-order valence-corrected chi connectivity index (χ4v) is 5.88. The standard InChI is InChI=1S/C24H37N3O3S/c1-17-14-22(25-31-26(2)3)23-16-30-20-11-9-18(10-12-20)19-6-4-7-21(15-19)29-13-5-8-24(28)27(17)23/h4,6-7,15,17-18,20,22-23,25H,5,8-14,16H2,1-3H3/t17?,18?,20?,22-,23?/m0/s1. The van der Waals surface area contributed by atoms with Crippen molar-refractivity contribution in [3.63, 3.8) is 0 Å². The highest BCUT2D eigenvalue weighted by Crippen LogP contribution is 2.36. The Kier molecular flexibility index (Phi) is 7.80. The molecule has 1 aromatic rings. The first kappa shape index (κ1) is 22.9. The van der Waals surface area contributed by atoms with E-state index in [4.69, 9.17) is 9.47 Å². The molecule has 5 rings (SSSR count). The average Bonchev–Trinajstić information content (AvgIpc) is 3.08. The molecule has 0 aromatic heterocycles. The second kappa shape index (κ2) is 10.6. The molecule has 1 aliphatic carbocycles. The summed E-state index contributed by atoms with van der Waals surface area (Å²) in [7, 11) is 4.06. The van der Waals surface area contributed by atoms with E-state index >= 15 is 0 Å². The van der Waals surface area contributed by atoms with Crippen molar-refractivity contribution in [1.82, 2.24) is 13.9 Å². The van der Waals surface area contributed by atoms with Gasteiger partial charge in [-0.3, -0.25) is 4.79 Å². The molecule has 1 saturated heterocycles. The van der Waals surface area contributed by atoms with Gasteiger partial charge in [-0.15, -0.1) is 0 Å². The molecule has 4 bridgehead atoms. The van der Waals surface area contributed by atoms with Crippen molar-refractivity contribution in [2.45, 2.75) is 82.0 Å². The first-order chi connectivity index (χ1) is 15.0. The maximum absolute atomic E-state index is 13.2. The molecule has 2 fully saturated rings. The number of fused-ring (bicyclic) bond motifs is 7. The maximum Gasteiger partial charge on any atom is 0.223 e. The molecule has 6 nitrogen and oxygen atoms in total. The van der Waals surface area contributed by atoms with E-state index in [-0.39, 0.29) is 24.0 Å². The van der Waals surface area contributed by atoms with Crippen LogP contribution >= 0.6 is 12.1 Å². The van der Waals surface area contributed by atoms with E-state index in [1.165, 1.54) is 5.56 Å². The third-order valence-corrected chi connectivity index (χ3v) is 7.65. The monoisotopic (exact) mass is 447 g/mol. The molecule has 2 unspecified atom stereocenters. The van der Waals surface area contributed by atoms with Crippen LogP contribution in [0.5, 0.6) is 5.75 Å². The topological polar surface area (TPSA) is 54.0 Å². The van der Waals surface area contributed by atoms with Crippen molar-refractivity contribution in [3.05, 3.63) is 29.8 Å². The Hall–Kier alpha value is -1.28. The van der Waals surface area contributed by atoms with E-state index < -0.39 is 0 Å². The Morgan fingerprint density at radius 2 is 2.00 bits per heavy atom. The van der Waals surface area contributed by atoms with Crippen LogP contribution in [0.3, 0.4) is 0 Å². The number of rotatable bonds is 3. The Bertz CT molecular complexity index is 739. The van der Waals surface area contributed by atoms with Gasteiger partial charge in [0.1, 0.15) is 5.75 Å². The van der Waals surface area contributed by atoms with Crippen molar-refractivity contribution >= 4 is 18.0 Å². The van der Waals surface area contributed by atoms with Gasteiger partial charge in [0, 0.05) is 30.6 Å². The van der Waals surface area contributed by atoms with Crippen LogP contribution in [-0.2, 0) is 9.53 Å². The van der Waals surface area contributed by atoms with E-state index in [1.54, 1.807) is 12.1 Å². The zero-order chi connectivity index (χ0) is 21.8. The van der Waals surface area contributed by atoms with Crippen molar-refractivity contribution < 1.29 is 14.3 Å². The first-order valence-corrected chi connectivity index (χ1v) is 12.5. The van der Waals surface area contributed by atoms with Gasteiger partial charge in [0.2, 0.25) is 5.91 Å². The van der Waals surface area contributed by atoms with Crippen LogP contribution in [0.1, 0.15) is 63.4 Å². The molecule has 1 saturated carbocycles. The molecule has 31 heavy (non-hydrogen) atoms. The van der Waals surface area contributed by atoms with Crippen LogP contribution < -0.4 is 9.46 Å². The quantitative estimate of drug-likeness (QED) is 0.708. The summed E-state index contributed by atoms with van der Waals surface area (Å²) in [6, 6.07) is 9.07. The molecule has 0 spiro atoms. The molecule has 4 aliphatic rings. The van der Waals surface area contributed by atoms with Gasteiger partial charge in [0.25, 0.3) is 0 Å². The normalized spacial score (nSPS) is 32.2. The minimum absolute atomic E-state index is 0.0780. The molecular weight excluding hydrogens is 410 g/mol. The highest BCUT2D eigenvalue weighted by Gasteiger charge is 2.42. The molecular formula is C24H37N3O3S. The lowest BCUT2D eigenvalue weighted by Gasteiger charge is -2.34. The predicted octanol–water partition coefficient (Wildman–Crippen LogP) is 3.97. The maximum atomic E-state index is 13.2. The second-order valence-corrected chi connectivity index (χ2v) is 10.6. The smallest absolute Gasteiger partial charge is 0.223 e. The number of hydrogen-bond acceptors (Lipinski definition) is 6. The van der Waals surface area contributed by atoms with Gasteiger partial charge in [-0.25, -0.2) is 9.03 Å². The molecule has 3 atom stereocenters. The summed E-state index contributed by atoms with van der Waals surface area (Å²) in [6.45, 7) is 3.35. The SMILES string of the molecule is CC1C[C@H](NSN(C)C)C2COC3CCC(CC3)c3cccc(c3)OCCCC(=O)N12. The molecule has 0 radical (unpaired) electrons. The van der Waals surface area contributed by atoms with Gasteiger partial charge in [-0.05, 0) is 83.2 Å². The van der Waals surface area contributed by atoms with Crippen molar-refractivity contribution in [3.8, 4) is 5.75 Å². The number of carbonyl (C=O) groups excluding carboxylic acids is 1. The molecule has 7 heteroatoms. The summed E-state index contributed by atoms with van der Waals surface area (Å²) in [5.74, 6) is 1.73. The number of benzene rings is 1.